The molecule has 29 heavy (non-hydrogen) atoms. The molecule has 154 valence electrons. The summed E-state index contributed by atoms with van der Waals surface area (Å²) in [4.78, 5) is 1.95. The molecule has 0 saturated heterocycles. The van der Waals surface area contributed by atoms with Crippen molar-refractivity contribution in [2.45, 2.75) is 31.6 Å². The molecule has 0 amide bonds. The van der Waals surface area contributed by atoms with E-state index in [0.29, 0.717) is 23.4 Å². The number of sulfonamides is 1. The van der Waals surface area contributed by atoms with Crippen LogP contribution in [0.2, 0.25) is 0 Å². The van der Waals surface area contributed by atoms with Crippen LogP contribution in [0.25, 0.3) is 0 Å². The molecule has 0 aromatic heterocycles. The third kappa shape index (κ3) is 4.70. The molecule has 2 N–H and O–H groups in total. The van der Waals surface area contributed by atoms with Gasteiger partial charge in [-0.05, 0) is 44.2 Å². The summed E-state index contributed by atoms with van der Waals surface area (Å²) in [5, 5.41) is 20.5. The number of benzene rings is 2. The molecule has 1 heterocycles. The molecule has 2 atom stereocenters. The standard InChI is InChI=1S/C21H25N3O4S/c1-21(2)20(25)19(17-13-15(14-22)9-10-18(17)28-21)24(12-11-23-29(3,26)27)16-7-5-4-6-8-16/h4-10,13,19-20,23,25H,11-12H2,1-3H3/t19-,20+/m0/s1. The first kappa shape index (κ1) is 21.1. The quantitative estimate of drug-likeness (QED) is 0.750. The zero-order valence-electron chi connectivity index (χ0n) is 16.7. The van der Waals surface area contributed by atoms with Crippen LogP contribution in [0.1, 0.15) is 31.0 Å². The molecule has 0 unspecified atom stereocenters. The lowest BCUT2D eigenvalue weighted by atomic mass is 9.84. The monoisotopic (exact) mass is 415 g/mol. The molecule has 0 aliphatic carbocycles. The smallest absolute Gasteiger partial charge is 0.208 e. The van der Waals surface area contributed by atoms with Gasteiger partial charge in [0.2, 0.25) is 10.0 Å². The highest BCUT2D eigenvalue weighted by Gasteiger charge is 2.45. The molecule has 0 radical (unpaired) electrons. The molecule has 2 aromatic carbocycles. The molecule has 3 rings (SSSR count). The maximum Gasteiger partial charge on any atom is 0.208 e. The van der Waals surface area contributed by atoms with Crippen LogP contribution in [0.5, 0.6) is 5.75 Å². The van der Waals surface area contributed by atoms with E-state index in [1.807, 2.05) is 49.1 Å². The van der Waals surface area contributed by atoms with Crippen molar-refractivity contribution in [2.75, 3.05) is 24.2 Å². The Morgan fingerprint density at radius 1 is 1.24 bits per heavy atom. The van der Waals surface area contributed by atoms with Crippen molar-refractivity contribution in [3.05, 3.63) is 59.7 Å². The Labute approximate surface area is 171 Å². The van der Waals surface area contributed by atoms with Gasteiger partial charge in [-0.15, -0.1) is 0 Å². The van der Waals surface area contributed by atoms with Gasteiger partial charge >= 0.3 is 0 Å². The molecular weight excluding hydrogens is 390 g/mol. The number of ether oxygens (including phenoxy) is 1. The lowest BCUT2D eigenvalue weighted by Gasteiger charge is -2.47. The first-order chi connectivity index (χ1) is 13.6. The fraction of sp³-hybridized carbons (Fsp3) is 0.381. The van der Waals surface area contributed by atoms with Gasteiger partial charge in [-0.3, -0.25) is 0 Å². The summed E-state index contributed by atoms with van der Waals surface area (Å²) in [6.07, 6.45) is 0.197. The van der Waals surface area contributed by atoms with E-state index < -0.39 is 27.8 Å². The summed E-state index contributed by atoms with van der Waals surface area (Å²) >= 11 is 0. The van der Waals surface area contributed by atoms with E-state index in [1.165, 1.54) is 0 Å². The highest BCUT2D eigenvalue weighted by molar-refractivity contribution is 7.88. The number of fused-ring (bicyclic) bond motifs is 1. The number of para-hydroxylation sites is 1. The van der Waals surface area contributed by atoms with Gasteiger partial charge in [0.1, 0.15) is 17.5 Å². The van der Waals surface area contributed by atoms with Gasteiger partial charge in [-0.2, -0.15) is 5.26 Å². The van der Waals surface area contributed by atoms with Crippen molar-refractivity contribution >= 4 is 15.7 Å². The normalized spacial score (nSPS) is 20.2. The molecule has 8 heteroatoms. The lowest BCUT2D eigenvalue weighted by Crippen LogP contribution is -2.54. The number of rotatable bonds is 6. The molecule has 1 aliphatic heterocycles. The van der Waals surface area contributed by atoms with Crippen LogP contribution in [-0.2, 0) is 10.0 Å². The van der Waals surface area contributed by atoms with Crippen LogP contribution in [0, 0.1) is 11.3 Å². The summed E-state index contributed by atoms with van der Waals surface area (Å²) in [5.74, 6) is 0.598. The van der Waals surface area contributed by atoms with Crippen LogP contribution in [-0.4, -0.2) is 44.6 Å². The number of aliphatic hydroxyl groups is 1. The molecular formula is C21H25N3O4S. The van der Waals surface area contributed by atoms with Crippen molar-refractivity contribution in [2.24, 2.45) is 0 Å². The van der Waals surface area contributed by atoms with E-state index in [2.05, 4.69) is 10.8 Å². The highest BCUT2D eigenvalue weighted by atomic mass is 32.2. The van der Waals surface area contributed by atoms with Crippen molar-refractivity contribution in [1.82, 2.24) is 4.72 Å². The molecule has 0 bridgehead atoms. The zero-order chi connectivity index (χ0) is 21.2. The highest BCUT2D eigenvalue weighted by Crippen LogP contribution is 2.44. The van der Waals surface area contributed by atoms with Crippen LogP contribution in [0.15, 0.2) is 48.5 Å². The van der Waals surface area contributed by atoms with Gasteiger partial charge in [0.15, 0.2) is 0 Å². The molecule has 7 nitrogen and oxygen atoms in total. The van der Waals surface area contributed by atoms with Gasteiger partial charge in [-0.25, -0.2) is 13.1 Å². The van der Waals surface area contributed by atoms with E-state index in [4.69, 9.17) is 4.74 Å². The first-order valence-corrected chi connectivity index (χ1v) is 11.2. The second-order valence-electron chi connectivity index (χ2n) is 7.66. The summed E-state index contributed by atoms with van der Waals surface area (Å²) in [5.41, 5.74) is 1.12. The number of aliphatic hydroxyl groups excluding tert-OH is 1. The van der Waals surface area contributed by atoms with E-state index in [1.54, 1.807) is 18.2 Å². The number of hydrogen-bond donors (Lipinski definition) is 2. The summed E-state index contributed by atoms with van der Waals surface area (Å²) in [6, 6.07) is 16.2. The maximum atomic E-state index is 11.5. The summed E-state index contributed by atoms with van der Waals surface area (Å²) < 4.78 is 31.6. The van der Waals surface area contributed by atoms with Gasteiger partial charge in [0.25, 0.3) is 0 Å². The van der Waals surface area contributed by atoms with Crippen LogP contribution in [0.4, 0.5) is 5.69 Å². The van der Waals surface area contributed by atoms with E-state index in [-0.39, 0.29) is 6.54 Å². The molecule has 2 aromatic rings. The third-order valence-corrected chi connectivity index (χ3v) is 5.71. The Bertz CT molecular complexity index is 1020. The number of nitrogens with one attached hydrogen (secondary N) is 1. The average molecular weight is 416 g/mol. The Morgan fingerprint density at radius 3 is 2.55 bits per heavy atom. The minimum atomic E-state index is -3.35. The minimum absolute atomic E-state index is 0.172. The van der Waals surface area contributed by atoms with Crippen LogP contribution < -0.4 is 14.4 Å². The SMILES string of the molecule is CC1(C)Oc2ccc(C#N)cc2[C@H](N(CCNS(C)(=O)=O)c2ccccc2)[C@H]1O. The number of nitrogens with zero attached hydrogens (tertiary/aromatic N) is 2. The van der Waals surface area contributed by atoms with Crippen LogP contribution >= 0.6 is 0 Å². The fourth-order valence-electron chi connectivity index (χ4n) is 3.57. The zero-order valence-corrected chi connectivity index (χ0v) is 17.5. The Hall–Kier alpha value is -2.60. The molecule has 0 saturated carbocycles. The number of anilines is 1. The number of hydrogen-bond acceptors (Lipinski definition) is 6. The topological polar surface area (TPSA) is 103 Å². The van der Waals surface area contributed by atoms with Crippen molar-refractivity contribution in [3.63, 3.8) is 0 Å². The van der Waals surface area contributed by atoms with Crippen LogP contribution in [0.3, 0.4) is 0 Å². The molecule has 1 aliphatic rings. The maximum absolute atomic E-state index is 11.5. The Morgan fingerprint density at radius 2 is 1.93 bits per heavy atom. The van der Waals surface area contributed by atoms with Gasteiger partial charge in [0.05, 0.1) is 23.9 Å². The van der Waals surface area contributed by atoms with Crippen molar-refractivity contribution in [1.29, 1.82) is 5.26 Å². The lowest BCUT2D eigenvalue weighted by molar-refractivity contribution is -0.0586. The third-order valence-electron chi connectivity index (χ3n) is 4.98. The van der Waals surface area contributed by atoms with Crippen molar-refractivity contribution in [3.8, 4) is 11.8 Å². The minimum Gasteiger partial charge on any atom is -0.485 e. The van der Waals surface area contributed by atoms with Gasteiger partial charge in [0, 0.05) is 24.3 Å². The van der Waals surface area contributed by atoms with Gasteiger partial charge < -0.3 is 14.7 Å². The fourth-order valence-corrected chi connectivity index (χ4v) is 4.04. The second kappa shape index (κ2) is 8.03. The second-order valence-corrected chi connectivity index (χ2v) is 9.49. The van der Waals surface area contributed by atoms with Gasteiger partial charge in [-0.1, -0.05) is 18.2 Å². The van der Waals surface area contributed by atoms with E-state index >= 15 is 0 Å². The van der Waals surface area contributed by atoms with Crippen molar-refractivity contribution < 1.29 is 18.3 Å². The summed E-state index contributed by atoms with van der Waals surface area (Å²) in [7, 11) is -3.35. The largest absolute Gasteiger partial charge is 0.485 e. The number of nitriles is 1. The predicted octanol–water partition coefficient (Wildman–Crippen LogP) is 2.19. The Kier molecular flexibility index (Phi) is 5.85. The Balaban J connectivity index is 2.08. The predicted molar refractivity (Wildman–Crippen MR) is 111 cm³/mol. The average Bonchev–Trinajstić information content (AvgIpc) is 2.66. The first-order valence-electron chi connectivity index (χ1n) is 9.30. The summed E-state index contributed by atoms with van der Waals surface area (Å²) in [6.45, 7) is 4.12. The van der Waals surface area contributed by atoms with E-state index in [0.717, 1.165) is 11.9 Å². The van der Waals surface area contributed by atoms with E-state index in [9.17, 15) is 18.8 Å². The molecule has 0 fully saturated rings. The molecule has 0 spiro atoms.